The minimum atomic E-state index is -0.445. The van der Waals surface area contributed by atoms with Crippen LogP contribution in [-0.2, 0) is 5.75 Å². The quantitative estimate of drug-likeness (QED) is 0.763. The molecular weight excluding hydrogens is 269 g/mol. The molecule has 4 heteroatoms. The van der Waals surface area contributed by atoms with Gasteiger partial charge in [-0.05, 0) is 23.8 Å². The third kappa shape index (κ3) is 2.84. The molecule has 0 aromatic heterocycles. The standard InChI is InChI=1S/C14H9ClFNS/c15-12-6-1-2-7-13(12)18-9-11-5-3-4-10(8-17)14(11)16/h1-7H,9H2. The summed E-state index contributed by atoms with van der Waals surface area (Å²) in [5.74, 6) is 0.00463. The van der Waals surface area contributed by atoms with Crippen LogP contribution >= 0.6 is 23.4 Å². The summed E-state index contributed by atoms with van der Waals surface area (Å²) in [6.07, 6.45) is 0. The van der Waals surface area contributed by atoms with Crippen LogP contribution in [0.5, 0.6) is 0 Å². The molecule has 18 heavy (non-hydrogen) atoms. The fourth-order valence-electron chi connectivity index (χ4n) is 1.49. The van der Waals surface area contributed by atoms with E-state index in [2.05, 4.69) is 0 Å². The summed E-state index contributed by atoms with van der Waals surface area (Å²) >= 11 is 7.47. The number of nitriles is 1. The molecular formula is C14H9ClFNS. The van der Waals surface area contributed by atoms with E-state index in [4.69, 9.17) is 16.9 Å². The average Bonchev–Trinajstić information content (AvgIpc) is 2.39. The van der Waals surface area contributed by atoms with E-state index < -0.39 is 5.82 Å². The second-order valence-corrected chi connectivity index (χ2v) is 5.03. The van der Waals surface area contributed by atoms with E-state index in [0.29, 0.717) is 16.3 Å². The molecule has 2 aromatic carbocycles. The molecule has 2 aromatic rings. The molecule has 0 fully saturated rings. The fraction of sp³-hybridized carbons (Fsp3) is 0.0714. The first-order valence-electron chi connectivity index (χ1n) is 5.27. The normalized spacial score (nSPS) is 10.1. The lowest BCUT2D eigenvalue weighted by Gasteiger charge is -2.05. The van der Waals surface area contributed by atoms with Crippen LogP contribution < -0.4 is 0 Å². The molecule has 0 heterocycles. The van der Waals surface area contributed by atoms with E-state index in [1.54, 1.807) is 18.2 Å². The summed E-state index contributed by atoms with van der Waals surface area (Å²) < 4.78 is 13.8. The van der Waals surface area contributed by atoms with Gasteiger partial charge in [-0.1, -0.05) is 35.9 Å². The number of halogens is 2. The van der Waals surface area contributed by atoms with Crippen LogP contribution in [0.2, 0.25) is 5.02 Å². The number of hydrogen-bond acceptors (Lipinski definition) is 2. The van der Waals surface area contributed by atoms with Gasteiger partial charge in [0, 0.05) is 10.6 Å². The maximum Gasteiger partial charge on any atom is 0.144 e. The van der Waals surface area contributed by atoms with Crippen molar-refractivity contribution < 1.29 is 4.39 Å². The minimum Gasteiger partial charge on any atom is -0.205 e. The Balaban J connectivity index is 2.17. The predicted octanol–water partition coefficient (Wildman–Crippen LogP) is 4.64. The molecule has 2 rings (SSSR count). The highest BCUT2D eigenvalue weighted by Gasteiger charge is 2.08. The van der Waals surface area contributed by atoms with Gasteiger partial charge in [-0.25, -0.2) is 4.39 Å². The van der Waals surface area contributed by atoms with Crippen LogP contribution in [-0.4, -0.2) is 0 Å². The van der Waals surface area contributed by atoms with Crippen molar-refractivity contribution in [2.24, 2.45) is 0 Å². The van der Waals surface area contributed by atoms with Crippen molar-refractivity contribution in [2.45, 2.75) is 10.6 Å². The van der Waals surface area contributed by atoms with Gasteiger partial charge >= 0.3 is 0 Å². The summed E-state index contributed by atoms with van der Waals surface area (Å²) in [7, 11) is 0. The van der Waals surface area contributed by atoms with Crippen LogP contribution in [0, 0.1) is 17.1 Å². The zero-order valence-corrected chi connectivity index (χ0v) is 10.9. The zero-order valence-electron chi connectivity index (χ0n) is 9.36. The van der Waals surface area contributed by atoms with Crippen LogP contribution in [0.4, 0.5) is 4.39 Å². The van der Waals surface area contributed by atoms with E-state index >= 15 is 0 Å². The smallest absolute Gasteiger partial charge is 0.144 e. The highest BCUT2D eigenvalue weighted by Crippen LogP contribution is 2.30. The number of hydrogen-bond donors (Lipinski definition) is 0. The largest absolute Gasteiger partial charge is 0.205 e. The van der Waals surface area contributed by atoms with E-state index in [9.17, 15) is 4.39 Å². The number of rotatable bonds is 3. The van der Waals surface area contributed by atoms with E-state index in [1.807, 2.05) is 24.3 Å². The van der Waals surface area contributed by atoms with Crippen molar-refractivity contribution in [2.75, 3.05) is 0 Å². The summed E-state index contributed by atoms with van der Waals surface area (Å²) in [5.41, 5.74) is 0.589. The van der Waals surface area contributed by atoms with Gasteiger partial charge in [-0.15, -0.1) is 11.8 Å². The molecule has 0 saturated heterocycles. The molecule has 0 aliphatic heterocycles. The Morgan fingerprint density at radius 3 is 2.67 bits per heavy atom. The molecule has 0 spiro atoms. The molecule has 0 aliphatic carbocycles. The molecule has 1 nitrogen and oxygen atoms in total. The lowest BCUT2D eigenvalue weighted by molar-refractivity contribution is 0.613. The Morgan fingerprint density at radius 1 is 1.17 bits per heavy atom. The van der Waals surface area contributed by atoms with Gasteiger partial charge in [0.2, 0.25) is 0 Å². The SMILES string of the molecule is N#Cc1cccc(CSc2ccccc2Cl)c1F. The Bertz CT molecular complexity index is 607. The van der Waals surface area contributed by atoms with Gasteiger partial charge < -0.3 is 0 Å². The van der Waals surface area contributed by atoms with Crippen LogP contribution in [0.1, 0.15) is 11.1 Å². The molecule has 0 atom stereocenters. The van der Waals surface area contributed by atoms with Crippen LogP contribution in [0.15, 0.2) is 47.4 Å². The average molecular weight is 278 g/mol. The van der Waals surface area contributed by atoms with Crippen molar-refractivity contribution in [3.8, 4) is 6.07 Å². The van der Waals surface area contributed by atoms with Gasteiger partial charge in [0.1, 0.15) is 11.9 Å². The van der Waals surface area contributed by atoms with Gasteiger partial charge in [0.05, 0.1) is 10.6 Å². The maximum absolute atomic E-state index is 13.8. The maximum atomic E-state index is 13.8. The first-order valence-corrected chi connectivity index (χ1v) is 6.63. The van der Waals surface area contributed by atoms with Crippen LogP contribution in [0.3, 0.4) is 0 Å². The first kappa shape index (κ1) is 12.9. The Morgan fingerprint density at radius 2 is 1.94 bits per heavy atom. The topological polar surface area (TPSA) is 23.8 Å². The van der Waals surface area contributed by atoms with Crippen molar-refractivity contribution in [1.82, 2.24) is 0 Å². The second-order valence-electron chi connectivity index (χ2n) is 3.61. The van der Waals surface area contributed by atoms with Crippen molar-refractivity contribution >= 4 is 23.4 Å². The third-order valence-electron chi connectivity index (χ3n) is 2.42. The third-order valence-corrected chi connectivity index (χ3v) is 3.98. The monoisotopic (exact) mass is 277 g/mol. The second kappa shape index (κ2) is 5.90. The predicted molar refractivity (Wildman–Crippen MR) is 72.1 cm³/mol. The molecule has 0 radical (unpaired) electrons. The van der Waals surface area contributed by atoms with Crippen molar-refractivity contribution in [3.63, 3.8) is 0 Å². The molecule has 90 valence electrons. The van der Waals surface area contributed by atoms with Gasteiger partial charge in [0.25, 0.3) is 0 Å². The van der Waals surface area contributed by atoms with Gasteiger partial charge in [0.15, 0.2) is 0 Å². The van der Waals surface area contributed by atoms with E-state index in [1.165, 1.54) is 17.8 Å². The summed E-state index contributed by atoms with van der Waals surface area (Å²) in [6, 6.07) is 14.1. The summed E-state index contributed by atoms with van der Waals surface area (Å²) in [6.45, 7) is 0. The molecule has 0 amide bonds. The Labute approximate surface area is 114 Å². The molecule has 0 bridgehead atoms. The zero-order chi connectivity index (χ0) is 13.0. The van der Waals surface area contributed by atoms with Gasteiger partial charge in [-0.2, -0.15) is 5.26 Å². The van der Waals surface area contributed by atoms with Gasteiger partial charge in [-0.3, -0.25) is 0 Å². The molecule has 0 saturated carbocycles. The molecule has 0 aliphatic rings. The fourth-order valence-corrected chi connectivity index (χ4v) is 2.71. The Kier molecular flexibility index (Phi) is 4.24. The number of thioether (sulfide) groups is 1. The minimum absolute atomic E-state index is 0.0762. The van der Waals surface area contributed by atoms with E-state index in [0.717, 1.165) is 4.90 Å². The highest BCUT2D eigenvalue weighted by molar-refractivity contribution is 7.98. The Hall–Kier alpha value is -1.50. The summed E-state index contributed by atoms with van der Waals surface area (Å²) in [4.78, 5) is 0.904. The van der Waals surface area contributed by atoms with E-state index in [-0.39, 0.29) is 5.56 Å². The molecule has 0 N–H and O–H groups in total. The molecule has 0 unspecified atom stereocenters. The lowest BCUT2D eigenvalue weighted by atomic mass is 10.1. The number of nitrogens with zero attached hydrogens (tertiary/aromatic N) is 1. The lowest BCUT2D eigenvalue weighted by Crippen LogP contribution is -1.91. The highest BCUT2D eigenvalue weighted by atomic mass is 35.5. The van der Waals surface area contributed by atoms with Crippen LogP contribution in [0.25, 0.3) is 0 Å². The van der Waals surface area contributed by atoms with Crippen molar-refractivity contribution in [3.05, 3.63) is 64.4 Å². The summed E-state index contributed by atoms with van der Waals surface area (Å²) in [5, 5.41) is 9.41. The number of benzene rings is 2. The first-order chi connectivity index (χ1) is 8.72. The van der Waals surface area contributed by atoms with Crippen molar-refractivity contribution in [1.29, 1.82) is 5.26 Å².